The van der Waals surface area contributed by atoms with E-state index in [1.54, 1.807) is 0 Å². The Bertz CT molecular complexity index is 232. The fraction of sp³-hybridized carbons (Fsp3) is 0. The maximum atomic E-state index is 10.4. The quantitative estimate of drug-likeness (QED) is 0.156. The molecule has 0 aliphatic rings. The van der Waals surface area contributed by atoms with Crippen LogP contribution >= 0.6 is 23.7 Å². The van der Waals surface area contributed by atoms with Crippen LogP contribution < -0.4 is 87.1 Å². The van der Waals surface area contributed by atoms with Crippen LogP contribution in [0.15, 0.2) is 0 Å². The van der Waals surface area contributed by atoms with Gasteiger partial charge in [-0.2, -0.15) is 0 Å². The molecule has 0 saturated heterocycles. The maximum Gasteiger partial charge on any atom is 1.00 e. The van der Waals surface area contributed by atoms with Crippen LogP contribution in [0.5, 0.6) is 0 Å². The summed E-state index contributed by atoms with van der Waals surface area (Å²) in [6.45, 7) is 0. The van der Waals surface area contributed by atoms with Gasteiger partial charge < -0.3 is 9.00 Å². The molecule has 0 heterocycles. The molecule has 9 N–H and O–H groups in total. The zero-order chi connectivity index (χ0) is 13.5. The van der Waals surface area contributed by atoms with Crippen molar-refractivity contribution in [1.82, 2.24) is 6.15 Å². The van der Waals surface area contributed by atoms with Gasteiger partial charge in [0.05, 0.1) is 0 Å². The van der Waals surface area contributed by atoms with E-state index in [0.29, 0.717) is 0 Å². The average Bonchev–Trinajstić information content (AvgIpc) is 1.41. The second-order valence-corrected chi connectivity index (χ2v) is 4.26. The van der Waals surface area contributed by atoms with E-state index >= 15 is 0 Å². The normalized spacial score (nSPS) is 9.83. The Morgan fingerprint density at radius 2 is 0.667 bits per heavy atom. The van der Waals surface area contributed by atoms with Crippen LogP contribution in [0.4, 0.5) is 12.6 Å². The van der Waals surface area contributed by atoms with Crippen molar-refractivity contribution < 1.29 is 139 Å². The van der Waals surface area contributed by atoms with Gasteiger partial charge in [0.15, 0.2) is 0 Å². The SMILES string of the molecule is N.O=P(O)(O)F.O=P(O)(O)F.O=P(O)(O)F.[H-].[H-].[K+].[Na+]. The first-order chi connectivity index (χ1) is 6.00. The molecular formula is H11F3KNNaO9P3. The molecule has 0 radical (unpaired) electrons. The van der Waals surface area contributed by atoms with E-state index in [1.807, 2.05) is 0 Å². The third-order valence-corrected chi connectivity index (χ3v) is 0. The third-order valence-electron chi connectivity index (χ3n) is 0. The summed E-state index contributed by atoms with van der Waals surface area (Å²) >= 11 is 0. The van der Waals surface area contributed by atoms with Crippen LogP contribution in [-0.4, -0.2) is 29.4 Å². The zero-order valence-electron chi connectivity index (χ0n) is 11.1. The van der Waals surface area contributed by atoms with E-state index < -0.39 is 23.7 Å². The third kappa shape index (κ3) is 745. The Balaban J connectivity index is -0.0000000160. The molecule has 0 aromatic heterocycles. The molecule has 18 heavy (non-hydrogen) atoms. The monoisotopic (exact) mass is 381 g/mol. The Morgan fingerprint density at radius 1 is 0.667 bits per heavy atom. The van der Waals surface area contributed by atoms with E-state index in [4.69, 9.17) is 43.1 Å². The summed E-state index contributed by atoms with van der Waals surface area (Å²) in [5, 5.41) is 0. The number of hydrogen-bond acceptors (Lipinski definition) is 4. The van der Waals surface area contributed by atoms with Gasteiger partial charge in [0, 0.05) is 0 Å². The molecule has 0 aliphatic carbocycles. The summed E-state index contributed by atoms with van der Waals surface area (Å²) in [5.74, 6) is 0. The number of rotatable bonds is 0. The molecule has 0 atom stereocenters. The Kier molecular flexibility index (Phi) is 33.5. The minimum absolute atomic E-state index is 0. The van der Waals surface area contributed by atoms with E-state index in [2.05, 4.69) is 0 Å². The van der Waals surface area contributed by atoms with Crippen LogP contribution in [-0.2, 0) is 13.7 Å². The predicted octanol–water partition coefficient (Wildman–Crippen LogP) is -5.46. The second-order valence-electron chi connectivity index (χ2n) is 1.42. The van der Waals surface area contributed by atoms with Crippen LogP contribution in [0.3, 0.4) is 0 Å². The second kappa shape index (κ2) is 16.2. The van der Waals surface area contributed by atoms with Crippen molar-refractivity contribution in [3.8, 4) is 0 Å². The van der Waals surface area contributed by atoms with Gasteiger partial charge in [0.2, 0.25) is 0 Å². The standard InChI is InChI=1S/3FH2O3P.K.H3N.Na.2H/c3*1-5(2,3)4;;;;;/h3*(H2,2,3,4);;1H3;;;/q;;;+1;;+1;2*-1. The summed E-state index contributed by atoms with van der Waals surface area (Å²) in [6, 6.07) is 0. The van der Waals surface area contributed by atoms with Crippen molar-refractivity contribution in [3.63, 3.8) is 0 Å². The van der Waals surface area contributed by atoms with Crippen LogP contribution in [0, 0.1) is 0 Å². The van der Waals surface area contributed by atoms with Crippen molar-refractivity contribution in [3.05, 3.63) is 0 Å². The van der Waals surface area contributed by atoms with Gasteiger partial charge >= 0.3 is 105 Å². The minimum Gasteiger partial charge on any atom is -1.00 e. The molecule has 10 nitrogen and oxygen atoms in total. The van der Waals surface area contributed by atoms with E-state index in [-0.39, 0.29) is 89.9 Å². The fourth-order valence-corrected chi connectivity index (χ4v) is 0. The van der Waals surface area contributed by atoms with Gasteiger partial charge in [0.25, 0.3) is 0 Å². The Hall–Kier alpha value is 2.84. The summed E-state index contributed by atoms with van der Waals surface area (Å²) in [4.78, 5) is 41.8. The zero-order valence-corrected chi connectivity index (χ0v) is 16.9. The molecule has 0 saturated carbocycles. The first kappa shape index (κ1) is 37.2. The van der Waals surface area contributed by atoms with Crippen LogP contribution in [0.1, 0.15) is 2.85 Å². The molecule has 0 aliphatic heterocycles. The van der Waals surface area contributed by atoms with E-state index in [0.717, 1.165) is 0 Å². The Labute approximate surface area is 167 Å². The molecule has 0 spiro atoms. The molecule has 18 heteroatoms. The number of halogens is 3. The molecule has 0 rings (SSSR count). The molecular weight excluding hydrogens is 370 g/mol. The fourth-order valence-electron chi connectivity index (χ4n) is 0. The van der Waals surface area contributed by atoms with Gasteiger partial charge in [-0.05, 0) is 0 Å². The molecule has 0 unspecified atom stereocenters. The molecule has 108 valence electrons. The van der Waals surface area contributed by atoms with Gasteiger partial charge in [-0.1, -0.05) is 0 Å². The van der Waals surface area contributed by atoms with Gasteiger partial charge in [0.1, 0.15) is 0 Å². The topological polar surface area (TPSA) is 208 Å². The van der Waals surface area contributed by atoms with Crippen molar-refractivity contribution in [2.45, 2.75) is 0 Å². The van der Waals surface area contributed by atoms with Crippen molar-refractivity contribution >= 4 is 23.7 Å². The predicted molar refractivity (Wildman–Crippen MR) is 46.7 cm³/mol. The first-order valence-electron chi connectivity index (χ1n) is 2.25. The Morgan fingerprint density at radius 3 is 0.667 bits per heavy atom. The van der Waals surface area contributed by atoms with E-state index in [9.17, 15) is 12.6 Å². The van der Waals surface area contributed by atoms with Crippen LogP contribution in [0.2, 0.25) is 0 Å². The smallest absolute Gasteiger partial charge is 1.00 e. The number of hydrogen-bond donors (Lipinski definition) is 7. The van der Waals surface area contributed by atoms with Gasteiger partial charge in [-0.3, -0.25) is 29.4 Å². The molecule has 0 aromatic rings. The van der Waals surface area contributed by atoms with Crippen molar-refractivity contribution in [2.24, 2.45) is 0 Å². The largest absolute Gasteiger partial charge is 1.00 e. The summed E-state index contributed by atoms with van der Waals surface area (Å²) < 4.78 is 57.0. The summed E-state index contributed by atoms with van der Waals surface area (Å²) in [6.07, 6.45) is 0. The summed E-state index contributed by atoms with van der Waals surface area (Å²) in [7, 11) is -15.4. The molecule has 0 bridgehead atoms. The summed E-state index contributed by atoms with van der Waals surface area (Å²) in [5.41, 5.74) is 0. The van der Waals surface area contributed by atoms with Crippen molar-refractivity contribution in [1.29, 1.82) is 0 Å². The van der Waals surface area contributed by atoms with Crippen LogP contribution in [0.25, 0.3) is 0 Å². The molecule has 0 amide bonds. The average molecular weight is 381 g/mol. The van der Waals surface area contributed by atoms with E-state index in [1.165, 1.54) is 0 Å². The van der Waals surface area contributed by atoms with Crippen molar-refractivity contribution in [2.75, 3.05) is 0 Å². The molecule has 0 fully saturated rings. The molecule has 0 aromatic carbocycles. The maximum absolute atomic E-state index is 10.4. The van der Waals surface area contributed by atoms with Gasteiger partial charge in [-0.15, -0.1) is 12.6 Å². The van der Waals surface area contributed by atoms with Gasteiger partial charge in [-0.25, -0.2) is 13.7 Å². The minimum atomic E-state index is -5.14. The first-order valence-corrected chi connectivity index (χ1v) is 6.76.